The Hall–Kier alpha value is -1.12. The molecule has 0 rings (SSSR count). The Balaban J connectivity index is 3.49. The minimum atomic E-state index is -0.423. The van der Waals surface area contributed by atoms with E-state index in [1.807, 2.05) is 6.92 Å². The molecule has 0 aliphatic carbocycles. The van der Waals surface area contributed by atoms with Crippen LogP contribution in [0.5, 0.6) is 0 Å². The van der Waals surface area contributed by atoms with Crippen LogP contribution < -0.4 is 0 Å². The van der Waals surface area contributed by atoms with E-state index in [0.29, 0.717) is 18.4 Å². The zero-order valence-electron chi connectivity index (χ0n) is 8.97. The maximum atomic E-state index is 11.1. The Morgan fingerprint density at radius 1 is 1.29 bits per heavy atom. The maximum Gasteiger partial charge on any atom is 0.333 e. The minimum absolute atomic E-state index is 0.154. The van der Waals surface area contributed by atoms with Crippen molar-refractivity contribution in [3.05, 3.63) is 12.2 Å². The van der Waals surface area contributed by atoms with Crippen molar-refractivity contribution in [2.75, 3.05) is 6.61 Å². The molecule has 14 heavy (non-hydrogen) atoms. The standard InChI is InChI=1S/C11H18O3/c1-4-5-6-10(12)7-8-14-11(13)9(2)3/h2,4-8H2,1,3H3. The molecule has 0 aromatic heterocycles. The van der Waals surface area contributed by atoms with E-state index in [9.17, 15) is 9.59 Å². The summed E-state index contributed by atoms with van der Waals surface area (Å²) in [5.41, 5.74) is 0.367. The number of ether oxygens (including phenoxy) is 1. The molecule has 0 aromatic rings. The molecule has 0 unspecified atom stereocenters. The molecule has 3 heteroatoms. The number of hydrogen-bond donors (Lipinski definition) is 0. The molecule has 0 fully saturated rings. The lowest BCUT2D eigenvalue weighted by Crippen LogP contribution is -2.09. The molecule has 3 nitrogen and oxygen atoms in total. The van der Waals surface area contributed by atoms with Gasteiger partial charge in [-0.3, -0.25) is 4.79 Å². The number of carbonyl (C=O) groups is 2. The van der Waals surface area contributed by atoms with Crippen LogP contribution in [0.3, 0.4) is 0 Å². The molecule has 0 amide bonds. The van der Waals surface area contributed by atoms with Crippen LogP contribution in [0.4, 0.5) is 0 Å². The van der Waals surface area contributed by atoms with E-state index in [-0.39, 0.29) is 12.4 Å². The molecule has 80 valence electrons. The van der Waals surface area contributed by atoms with Gasteiger partial charge in [-0.2, -0.15) is 0 Å². The summed E-state index contributed by atoms with van der Waals surface area (Å²) in [6, 6.07) is 0. The van der Waals surface area contributed by atoms with E-state index < -0.39 is 5.97 Å². The normalized spacial score (nSPS) is 9.57. The average molecular weight is 198 g/mol. The molecule has 0 saturated carbocycles. The SMILES string of the molecule is C=C(C)C(=O)OCCC(=O)CCCC. The fourth-order valence-electron chi connectivity index (χ4n) is 0.880. The quantitative estimate of drug-likeness (QED) is 0.465. The number of hydrogen-bond acceptors (Lipinski definition) is 3. The third-order valence-electron chi connectivity index (χ3n) is 1.77. The maximum absolute atomic E-state index is 11.1. The van der Waals surface area contributed by atoms with Crippen LogP contribution in [-0.4, -0.2) is 18.4 Å². The number of carbonyl (C=O) groups excluding carboxylic acids is 2. The van der Waals surface area contributed by atoms with Gasteiger partial charge in [-0.15, -0.1) is 0 Å². The van der Waals surface area contributed by atoms with E-state index in [1.54, 1.807) is 6.92 Å². The van der Waals surface area contributed by atoms with Crippen molar-refractivity contribution >= 4 is 11.8 Å². The molecule has 0 bridgehead atoms. The van der Waals surface area contributed by atoms with Crippen molar-refractivity contribution < 1.29 is 14.3 Å². The van der Waals surface area contributed by atoms with Crippen LogP contribution in [0, 0.1) is 0 Å². The third-order valence-corrected chi connectivity index (χ3v) is 1.77. The van der Waals surface area contributed by atoms with Crippen LogP contribution in [0.1, 0.15) is 39.5 Å². The van der Waals surface area contributed by atoms with Gasteiger partial charge in [0.15, 0.2) is 0 Å². The summed E-state index contributed by atoms with van der Waals surface area (Å²) in [6.07, 6.45) is 2.82. The van der Waals surface area contributed by atoms with Gasteiger partial charge in [0, 0.05) is 18.4 Å². The first kappa shape index (κ1) is 12.9. The second-order valence-corrected chi connectivity index (χ2v) is 3.31. The number of ketones is 1. The summed E-state index contributed by atoms with van der Waals surface area (Å²) in [5, 5.41) is 0. The van der Waals surface area contributed by atoms with Crippen LogP contribution in [0.2, 0.25) is 0 Å². The summed E-state index contributed by atoms with van der Waals surface area (Å²) in [4.78, 5) is 22.0. The topological polar surface area (TPSA) is 43.4 Å². The minimum Gasteiger partial charge on any atom is -0.462 e. The van der Waals surface area contributed by atoms with E-state index in [1.165, 1.54) is 0 Å². The second kappa shape index (κ2) is 7.30. The van der Waals surface area contributed by atoms with Crippen molar-refractivity contribution in [1.29, 1.82) is 0 Å². The molecule has 0 N–H and O–H groups in total. The molecule has 0 aromatic carbocycles. The lowest BCUT2D eigenvalue weighted by Gasteiger charge is -2.03. The Bertz CT molecular complexity index is 219. The van der Waals surface area contributed by atoms with E-state index in [0.717, 1.165) is 12.8 Å². The number of rotatable bonds is 7. The zero-order valence-corrected chi connectivity index (χ0v) is 8.97. The molecule has 0 aliphatic rings. The van der Waals surface area contributed by atoms with Gasteiger partial charge in [-0.25, -0.2) is 4.79 Å². The molecule has 0 heterocycles. The fraction of sp³-hybridized carbons (Fsp3) is 0.636. The highest BCUT2D eigenvalue weighted by Crippen LogP contribution is 2.00. The number of unbranched alkanes of at least 4 members (excludes halogenated alkanes) is 1. The smallest absolute Gasteiger partial charge is 0.333 e. The van der Waals surface area contributed by atoms with Gasteiger partial charge in [0.05, 0.1) is 6.61 Å². The predicted molar refractivity (Wildman–Crippen MR) is 54.9 cm³/mol. The Morgan fingerprint density at radius 2 is 1.93 bits per heavy atom. The van der Waals surface area contributed by atoms with Gasteiger partial charge in [0.1, 0.15) is 5.78 Å². The van der Waals surface area contributed by atoms with Crippen LogP contribution in [0.25, 0.3) is 0 Å². The molecule has 0 aliphatic heterocycles. The number of Topliss-reactive ketones (excluding diaryl/α,β-unsaturated/α-hetero) is 1. The van der Waals surface area contributed by atoms with Gasteiger partial charge in [0.2, 0.25) is 0 Å². The Morgan fingerprint density at radius 3 is 2.43 bits per heavy atom. The highest BCUT2D eigenvalue weighted by atomic mass is 16.5. The van der Waals surface area contributed by atoms with Crippen LogP contribution >= 0.6 is 0 Å². The summed E-state index contributed by atoms with van der Waals surface area (Å²) >= 11 is 0. The predicted octanol–water partition coefficient (Wildman–Crippen LogP) is 2.26. The second-order valence-electron chi connectivity index (χ2n) is 3.31. The van der Waals surface area contributed by atoms with Crippen LogP contribution in [0.15, 0.2) is 12.2 Å². The van der Waals surface area contributed by atoms with Gasteiger partial charge in [-0.05, 0) is 13.3 Å². The molecule has 0 atom stereocenters. The highest BCUT2D eigenvalue weighted by molar-refractivity contribution is 5.87. The van der Waals surface area contributed by atoms with Gasteiger partial charge in [-0.1, -0.05) is 19.9 Å². The van der Waals surface area contributed by atoms with Gasteiger partial charge >= 0.3 is 5.97 Å². The lowest BCUT2D eigenvalue weighted by atomic mass is 10.1. The summed E-state index contributed by atoms with van der Waals surface area (Å²) in [6.45, 7) is 7.24. The van der Waals surface area contributed by atoms with Crippen molar-refractivity contribution in [2.45, 2.75) is 39.5 Å². The first-order valence-electron chi connectivity index (χ1n) is 4.92. The van der Waals surface area contributed by atoms with Crippen molar-refractivity contribution in [2.24, 2.45) is 0 Å². The Kier molecular flexibility index (Phi) is 6.72. The summed E-state index contributed by atoms with van der Waals surface area (Å²) in [5.74, 6) is -0.269. The largest absolute Gasteiger partial charge is 0.462 e. The van der Waals surface area contributed by atoms with E-state index in [2.05, 4.69) is 6.58 Å². The van der Waals surface area contributed by atoms with Crippen molar-refractivity contribution in [3.8, 4) is 0 Å². The molecular formula is C11H18O3. The van der Waals surface area contributed by atoms with Gasteiger partial charge < -0.3 is 4.74 Å². The molecule has 0 saturated heterocycles. The highest BCUT2D eigenvalue weighted by Gasteiger charge is 2.05. The number of esters is 1. The van der Waals surface area contributed by atoms with E-state index >= 15 is 0 Å². The Labute approximate surface area is 85.1 Å². The van der Waals surface area contributed by atoms with Gasteiger partial charge in [0.25, 0.3) is 0 Å². The summed E-state index contributed by atoms with van der Waals surface area (Å²) < 4.78 is 4.79. The average Bonchev–Trinajstić information content (AvgIpc) is 2.14. The first-order chi connectivity index (χ1) is 6.57. The molecular weight excluding hydrogens is 180 g/mol. The molecule has 0 spiro atoms. The van der Waals surface area contributed by atoms with Crippen molar-refractivity contribution in [1.82, 2.24) is 0 Å². The third kappa shape index (κ3) is 6.40. The monoisotopic (exact) mass is 198 g/mol. The fourth-order valence-corrected chi connectivity index (χ4v) is 0.880. The zero-order chi connectivity index (χ0) is 11.0. The van der Waals surface area contributed by atoms with Crippen LogP contribution in [-0.2, 0) is 14.3 Å². The summed E-state index contributed by atoms with van der Waals surface area (Å²) in [7, 11) is 0. The lowest BCUT2D eigenvalue weighted by molar-refractivity contribution is -0.139. The van der Waals surface area contributed by atoms with Crippen molar-refractivity contribution in [3.63, 3.8) is 0 Å². The van der Waals surface area contributed by atoms with E-state index in [4.69, 9.17) is 4.74 Å². The molecule has 0 radical (unpaired) electrons. The first-order valence-corrected chi connectivity index (χ1v) is 4.92.